The van der Waals surface area contributed by atoms with Gasteiger partial charge in [-0.05, 0) is 36.8 Å². The van der Waals surface area contributed by atoms with Crippen molar-refractivity contribution in [1.82, 2.24) is 25.6 Å². The Balaban J connectivity index is 1.05. The number of nitrogens with zero attached hydrogens (tertiary/aromatic N) is 2. The number of hydrogen-bond donors (Lipinski definition) is 5. The Morgan fingerprint density at radius 3 is 1.77 bits per heavy atom. The normalized spacial score (nSPS) is 13.7. The van der Waals surface area contributed by atoms with Gasteiger partial charge in [-0.25, -0.2) is 9.59 Å². The Morgan fingerprint density at radius 2 is 1.21 bits per heavy atom. The average molecular weight is 648 g/mol. The van der Waals surface area contributed by atoms with Crippen molar-refractivity contribution < 1.29 is 39.0 Å². The molecule has 2 aromatic carbocycles. The van der Waals surface area contributed by atoms with Crippen molar-refractivity contribution in [2.45, 2.75) is 63.3 Å². The summed E-state index contributed by atoms with van der Waals surface area (Å²) in [7, 11) is 0. The lowest BCUT2D eigenvalue weighted by Crippen LogP contribution is -2.45. The van der Waals surface area contributed by atoms with Crippen LogP contribution >= 0.6 is 0 Å². The fourth-order valence-electron chi connectivity index (χ4n) is 5.36. The second-order valence-corrected chi connectivity index (χ2v) is 11.2. The molecule has 3 aromatic rings. The molecule has 0 aliphatic carbocycles. The summed E-state index contributed by atoms with van der Waals surface area (Å²) in [6, 6.07) is 20.2. The van der Waals surface area contributed by atoms with Gasteiger partial charge in [0.2, 0.25) is 23.6 Å². The highest BCUT2D eigenvalue weighted by atomic mass is 16.7. The van der Waals surface area contributed by atoms with Crippen LogP contribution in [0.5, 0.6) is 11.8 Å². The summed E-state index contributed by atoms with van der Waals surface area (Å²) in [4.78, 5) is 68.7. The molecule has 47 heavy (non-hydrogen) atoms. The molecule has 0 unspecified atom stereocenters. The van der Waals surface area contributed by atoms with Crippen molar-refractivity contribution in [3.63, 3.8) is 0 Å². The molecule has 4 rings (SSSR count). The molecule has 250 valence electrons. The van der Waals surface area contributed by atoms with Crippen LogP contribution in [0.3, 0.4) is 0 Å². The SMILES string of the molecule is O=C(CCCCN1C(=O)NC(c2ccccc2)(c2ccccc2)C1=O)NCCCCCCNC(=O)CCC(=O)On1c(O)ccc1O. The molecule has 1 aromatic heterocycles. The number of carbonyl (C=O) groups is 5. The molecular weight excluding hydrogens is 606 g/mol. The Hall–Kier alpha value is -5.33. The highest BCUT2D eigenvalue weighted by Crippen LogP contribution is 2.36. The number of unbranched alkanes of at least 4 members (excludes halogenated alkanes) is 4. The Kier molecular flexibility index (Phi) is 12.4. The van der Waals surface area contributed by atoms with Gasteiger partial charge in [0.05, 0.1) is 6.42 Å². The van der Waals surface area contributed by atoms with Crippen LogP contribution in [-0.4, -0.2) is 69.2 Å². The minimum atomic E-state index is -1.29. The largest absolute Gasteiger partial charge is 0.492 e. The molecule has 5 N–H and O–H groups in total. The second-order valence-electron chi connectivity index (χ2n) is 11.2. The summed E-state index contributed by atoms with van der Waals surface area (Å²) in [5.41, 5.74) is 0.0802. The summed E-state index contributed by atoms with van der Waals surface area (Å²) >= 11 is 0. The smallest absolute Gasteiger partial charge is 0.333 e. The number of imide groups is 1. The zero-order valence-corrected chi connectivity index (χ0v) is 26.2. The molecule has 1 fully saturated rings. The van der Waals surface area contributed by atoms with Crippen LogP contribution < -0.4 is 20.8 Å². The van der Waals surface area contributed by atoms with Gasteiger partial charge in [0.15, 0.2) is 5.54 Å². The molecule has 13 nitrogen and oxygen atoms in total. The lowest BCUT2D eigenvalue weighted by molar-refractivity contribution is -0.146. The number of urea groups is 1. The molecule has 0 radical (unpaired) electrons. The van der Waals surface area contributed by atoms with Crippen molar-refractivity contribution >= 4 is 29.7 Å². The number of aromatic nitrogens is 1. The number of nitrogens with one attached hydrogen (secondary N) is 3. The van der Waals surface area contributed by atoms with Gasteiger partial charge in [0.25, 0.3) is 5.91 Å². The summed E-state index contributed by atoms with van der Waals surface area (Å²) in [6.45, 7) is 1.20. The van der Waals surface area contributed by atoms with Crippen molar-refractivity contribution in [2.75, 3.05) is 19.6 Å². The minimum absolute atomic E-state index is 0.0851. The van der Waals surface area contributed by atoms with E-state index in [0.29, 0.717) is 48.2 Å². The first-order valence-corrected chi connectivity index (χ1v) is 15.8. The molecule has 1 saturated heterocycles. The minimum Gasteiger partial charge on any atom is -0.492 e. The van der Waals surface area contributed by atoms with Crippen molar-refractivity contribution in [1.29, 1.82) is 0 Å². The monoisotopic (exact) mass is 647 g/mol. The van der Waals surface area contributed by atoms with E-state index in [-0.39, 0.29) is 37.1 Å². The van der Waals surface area contributed by atoms with E-state index in [9.17, 15) is 34.2 Å². The van der Waals surface area contributed by atoms with E-state index in [1.165, 1.54) is 4.90 Å². The third-order valence-electron chi connectivity index (χ3n) is 7.85. The van der Waals surface area contributed by atoms with Crippen LogP contribution in [-0.2, 0) is 24.7 Å². The molecule has 0 bridgehead atoms. The average Bonchev–Trinajstić information content (AvgIpc) is 3.53. The van der Waals surface area contributed by atoms with E-state index in [1.807, 2.05) is 60.7 Å². The fourth-order valence-corrected chi connectivity index (χ4v) is 5.36. The van der Waals surface area contributed by atoms with Gasteiger partial charge >= 0.3 is 12.0 Å². The maximum Gasteiger partial charge on any atom is 0.333 e. The number of hydrogen-bond acceptors (Lipinski definition) is 8. The topological polar surface area (TPSA) is 179 Å². The summed E-state index contributed by atoms with van der Waals surface area (Å²) < 4.78 is 0.574. The first-order valence-electron chi connectivity index (χ1n) is 15.8. The van der Waals surface area contributed by atoms with E-state index in [4.69, 9.17) is 4.84 Å². The predicted octanol–water partition coefficient (Wildman–Crippen LogP) is 3.09. The zero-order chi connectivity index (χ0) is 33.6. The second kappa shape index (κ2) is 16.8. The highest BCUT2D eigenvalue weighted by molar-refractivity contribution is 6.09. The van der Waals surface area contributed by atoms with Gasteiger partial charge in [0.1, 0.15) is 0 Å². The Labute approximate surface area is 272 Å². The summed E-state index contributed by atoms with van der Waals surface area (Å²) in [5.74, 6) is -2.36. The molecule has 5 amide bonds. The van der Waals surface area contributed by atoms with Gasteiger partial charge in [-0.2, -0.15) is 0 Å². The third kappa shape index (κ3) is 9.12. The first-order chi connectivity index (χ1) is 22.7. The third-order valence-corrected chi connectivity index (χ3v) is 7.85. The maximum atomic E-state index is 13.7. The van der Waals surface area contributed by atoms with E-state index < -0.39 is 29.3 Å². The molecule has 0 spiro atoms. The van der Waals surface area contributed by atoms with E-state index >= 15 is 0 Å². The quantitative estimate of drug-likeness (QED) is 0.103. The number of aromatic hydroxyl groups is 2. The van der Waals surface area contributed by atoms with Crippen LogP contribution in [0.1, 0.15) is 68.9 Å². The van der Waals surface area contributed by atoms with E-state index in [2.05, 4.69) is 16.0 Å². The van der Waals surface area contributed by atoms with E-state index in [1.54, 1.807) is 0 Å². The number of carbonyl (C=O) groups excluding carboxylic acids is 5. The fraction of sp³-hybridized carbons (Fsp3) is 0.382. The molecule has 13 heteroatoms. The Morgan fingerprint density at radius 1 is 0.681 bits per heavy atom. The molecule has 2 heterocycles. The number of amides is 5. The van der Waals surface area contributed by atoms with Gasteiger partial charge in [-0.1, -0.05) is 73.5 Å². The number of rotatable bonds is 18. The van der Waals surface area contributed by atoms with Crippen molar-refractivity contribution in [3.8, 4) is 11.8 Å². The lowest BCUT2D eigenvalue weighted by atomic mass is 9.82. The van der Waals surface area contributed by atoms with Crippen LogP contribution in [0, 0.1) is 0 Å². The molecule has 1 aliphatic rings. The molecule has 0 atom stereocenters. The van der Waals surface area contributed by atoms with Crippen LogP contribution in [0.15, 0.2) is 72.8 Å². The van der Waals surface area contributed by atoms with Gasteiger partial charge < -0.3 is 31.0 Å². The summed E-state index contributed by atoms with van der Waals surface area (Å²) in [6.07, 6.45) is 4.27. The molecule has 1 aliphatic heterocycles. The first kappa shape index (κ1) is 34.5. The Bertz CT molecular complexity index is 1470. The van der Waals surface area contributed by atoms with Crippen LogP contribution in [0.2, 0.25) is 0 Å². The van der Waals surface area contributed by atoms with Crippen LogP contribution in [0.4, 0.5) is 4.79 Å². The summed E-state index contributed by atoms with van der Waals surface area (Å²) in [5, 5.41) is 27.5. The lowest BCUT2D eigenvalue weighted by Gasteiger charge is -2.28. The standard InChI is InChI=1S/C34H41N5O8/c40-27(35-22-10-1-2-11-23-36-28(41)18-21-31(44)47-39-29(42)19-20-30(39)43)17-9-12-24-38-32(45)34(37-33(38)46,25-13-5-3-6-14-25)26-15-7-4-8-16-26/h3-8,13-16,19-20,42-43H,1-2,9-12,17-18,21-24H2,(H,35,40)(H,36,41)(H,37,46). The van der Waals surface area contributed by atoms with Crippen molar-refractivity contribution in [2.24, 2.45) is 0 Å². The maximum absolute atomic E-state index is 13.7. The van der Waals surface area contributed by atoms with Gasteiger partial charge in [0, 0.05) is 44.6 Å². The van der Waals surface area contributed by atoms with E-state index in [0.717, 1.165) is 37.8 Å². The number of benzene rings is 2. The van der Waals surface area contributed by atoms with Crippen molar-refractivity contribution in [3.05, 3.63) is 83.9 Å². The zero-order valence-electron chi connectivity index (χ0n) is 26.2. The molecular formula is C34H41N5O8. The predicted molar refractivity (Wildman–Crippen MR) is 171 cm³/mol. The van der Waals surface area contributed by atoms with Crippen LogP contribution in [0.25, 0.3) is 0 Å². The van der Waals surface area contributed by atoms with Gasteiger partial charge in [-0.3, -0.25) is 19.3 Å². The van der Waals surface area contributed by atoms with Gasteiger partial charge in [-0.15, -0.1) is 4.73 Å². The highest BCUT2D eigenvalue weighted by Gasteiger charge is 2.53. The molecule has 0 saturated carbocycles.